The largest absolute Gasteiger partial charge is 0.507 e. The van der Waals surface area contributed by atoms with Crippen LogP contribution in [-0.4, -0.2) is 23.9 Å². The van der Waals surface area contributed by atoms with E-state index in [1.807, 2.05) is 13.8 Å². The van der Waals surface area contributed by atoms with Gasteiger partial charge in [-0.3, -0.25) is 14.5 Å². The quantitative estimate of drug-likeness (QED) is 0.229. The summed E-state index contributed by atoms with van der Waals surface area (Å²) in [7, 11) is 1.54. The summed E-state index contributed by atoms with van der Waals surface area (Å²) in [6, 6.07) is 14.0. The Bertz CT molecular complexity index is 1370. The zero-order chi connectivity index (χ0) is 25.4. The van der Waals surface area contributed by atoms with E-state index in [1.54, 1.807) is 31.4 Å². The van der Waals surface area contributed by atoms with E-state index in [0.717, 1.165) is 10.5 Å². The number of Topliss-reactive ketones (excluding diaryl/α,β-unsaturated/α-hetero) is 1. The Kier molecular flexibility index (Phi) is 6.88. The molecule has 35 heavy (non-hydrogen) atoms. The van der Waals surface area contributed by atoms with Crippen LogP contribution in [0.1, 0.15) is 42.5 Å². The van der Waals surface area contributed by atoms with E-state index in [0.29, 0.717) is 11.3 Å². The molecule has 1 saturated heterocycles. The molecule has 180 valence electrons. The van der Waals surface area contributed by atoms with E-state index >= 15 is 4.39 Å². The molecule has 1 amide bonds. The van der Waals surface area contributed by atoms with E-state index in [2.05, 4.69) is 0 Å². The lowest BCUT2D eigenvalue weighted by Gasteiger charge is -2.26. The molecule has 0 aliphatic carbocycles. The maximum absolute atomic E-state index is 15.0. The van der Waals surface area contributed by atoms with E-state index in [9.17, 15) is 14.7 Å². The molecule has 4 rings (SSSR count). The fourth-order valence-electron chi connectivity index (χ4n) is 4.21. The van der Waals surface area contributed by atoms with Crippen LogP contribution in [0.5, 0.6) is 5.75 Å². The highest BCUT2D eigenvalue weighted by Crippen LogP contribution is 2.44. The number of halogens is 3. The maximum Gasteiger partial charge on any atom is 0.300 e. The Morgan fingerprint density at radius 3 is 2.37 bits per heavy atom. The number of methoxy groups -OCH3 is 1. The van der Waals surface area contributed by atoms with Gasteiger partial charge in [-0.25, -0.2) is 4.39 Å². The second-order valence-corrected chi connectivity index (χ2v) is 9.21. The molecule has 0 spiro atoms. The van der Waals surface area contributed by atoms with Crippen LogP contribution in [-0.2, 0) is 9.59 Å². The van der Waals surface area contributed by atoms with Crippen LogP contribution >= 0.6 is 23.2 Å². The number of hydrogen-bond donors (Lipinski definition) is 1. The number of hydrogen-bond acceptors (Lipinski definition) is 4. The topological polar surface area (TPSA) is 66.8 Å². The molecule has 0 radical (unpaired) electrons. The molecule has 0 aromatic heterocycles. The van der Waals surface area contributed by atoms with Crippen molar-refractivity contribution < 1.29 is 23.8 Å². The number of ether oxygens (including phenoxy) is 1. The lowest BCUT2D eigenvalue weighted by molar-refractivity contribution is -0.132. The van der Waals surface area contributed by atoms with E-state index in [-0.39, 0.29) is 32.8 Å². The first-order valence-corrected chi connectivity index (χ1v) is 11.6. The first-order valence-electron chi connectivity index (χ1n) is 10.8. The highest BCUT2D eigenvalue weighted by atomic mass is 35.5. The fourth-order valence-corrected chi connectivity index (χ4v) is 4.51. The summed E-state index contributed by atoms with van der Waals surface area (Å²) in [6.07, 6.45) is 0. The van der Waals surface area contributed by atoms with Crippen molar-refractivity contribution in [1.29, 1.82) is 0 Å². The zero-order valence-corrected chi connectivity index (χ0v) is 20.7. The van der Waals surface area contributed by atoms with Gasteiger partial charge in [-0.1, -0.05) is 55.2 Å². The van der Waals surface area contributed by atoms with Gasteiger partial charge in [-0.15, -0.1) is 0 Å². The second kappa shape index (κ2) is 9.72. The summed E-state index contributed by atoms with van der Waals surface area (Å²) in [5, 5.41) is 11.8. The van der Waals surface area contributed by atoms with Gasteiger partial charge >= 0.3 is 0 Å². The molecule has 3 aromatic rings. The summed E-state index contributed by atoms with van der Waals surface area (Å²) < 4.78 is 20.4. The smallest absolute Gasteiger partial charge is 0.300 e. The lowest BCUT2D eigenvalue weighted by Crippen LogP contribution is -2.29. The summed E-state index contributed by atoms with van der Waals surface area (Å²) in [4.78, 5) is 27.6. The van der Waals surface area contributed by atoms with Gasteiger partial charge in [0, 0.05) is 16.8 Å². The summed E-state index contributed by atoms with van der Waals surface area (Å²) in [5.41, 5.74) is 1.18. The number of rotatable bonds is 5. The Hall–Kier alpha value is -3.35. The van der Waals surface area contributed by atoms with Crippen molar-refractivity contribution in [3.05, 3.63) is 98.8 Å². The molecular formula is C27H22Cl2FNO4. The number of aliphatic hydroxyl groups is 1. The minimum absolute atomic E-state index is 0.0527. The molecule has 3 aromatic carbocycles. The van der Waals surface area contributed by atoms with Gasteiger partial charge in [0.1, 0.15) is 17.3 Å². The molecule has 8 heteroatoms. The van der Waals surface area contributed by atoms with Gasteiger partial charge in [-0.2, -0.15) is 0 Å². The first-order chi connectivity index (χ1) is 16.6. The van der Waals surface area contributed by atoms with Crippen molar-refractivity contribution in [3.63, 3.8) is 0 Å². The molecule has 1 atom stereocenters. The van der Waals surface area contributed by atoms with Crippen molar-refractivity contribution in [1.82, 2.24) is 0 Å². The van der Waals surface area contributed by atoms with Crippen LogP contribution in [0.2, 0.25) is 10.0 Å². The third kappa shape index (κ3) is 4.40. The molecule has 1 aliphatic heterocycles. The number of anilines is 1. The molecule has 1 fully saturated rings. The predicted octanol–water partition coefficient (Wildman–Crippen LogP) is 6.89. The third-order valence-electron chi connectivity index (χ3n) is 5.95. The number of benzene rings is 3. The molecular weight excluding hydrogens is 492 g/mol. The average molecular weight is 514 g/mol. The monoisotopic (exact) mass is 513 g/mol. The number of ketones is 1. The first kappa shape index (κ1) is 24.8. The highest BCUT2D eigenvalue weighted by Gasteiger charge is 2.48. The summed E-state index contributed by atoms with van der Waals surface area (Å²) in [5.74, 6) is -2.23. The molecule has 0 bridgehead atoms. The molecule has 1 aliphatic rings. The number of carbonyl (C=O) groups excluding carboxylic acids is 2. The van der Waals surface area contributed by atoms with E-state index in [1.165, 1.54) is 36.4 Å². The van der Waals surface area contributed by atoms with Crippen LogP contribution in [0.4, 0.5) is 10.1 Å². The number of aliphatic hydroxyl groups excluding tert-OH is 1. The lowest BCUT2D eigenvalue weighted by atomic mass is 9.93. The normalized spacial score (nSPS) is 17.3. The van der Waals surface area contributed by atoms with Gasteiger partial charge in [0.25, 0.3) is 11.7 Å². The van der Waals surface area contributed by atoms with Gasteiger partial charge in [-0.05, 0) is 53.9 Å². The zero-order valence-electron chi connectivity index (χ0n) is 19.2. The number of nitrogens with zero attached hydrogens (tertiary/aromatic N) is 1. The molecule has 0 saturated carbocycles. The van der Waals surface area contributed by atoms with E-state index in [4.69, 9.17) is 27.9 Å². The van der Waals surface area contributed by atoms with Crippen LogP contribution in [0.25, 0.3) is 5.76 Å². The summed E-state index contributed by atoms with van der Waals surface area (Å²) >= 11 is 12.2. The molecule has 1 unspecified atom stereocenters. The molecule has 5 nitrogen and oxygen atoms in total. The number of amides is 1. The van der Waals surface area contributed by atoms with Crippen molar-refractivity contribution in [2.75, 3.05) is 12.0 Å². The Morgan fingerprint density at radius 2 is 1.74 bits per heavy atom. The van der Waals surface area contributed by atoms with Gasteiger partial charge in [0.2, 0.25) is 0 Å². The van der Waals surface area contributed by atoms with Crippen LogP contribution < -0.4 is 9.64 Å². The maximum atomic E-state index is 15.0. The second-order valence-electron chi connectivity index (χ2n) is 8.40. The summed E-state index contributed by atoms with van der Waals surface area (Å²) in [6.45, 7) is 3.93. The van der Waals surface area contributed by atoms with Crippen molar-refractivity contribution in [2.24, 2.45) is 0 Å². The van der Waals surface area contributed by atoms with Crippen LogP contribution in [0.3, 0.4) is 0 Å². The Balaban J connectivity index is 1.98. The van der Waals surface area contributed by atoms with E-state index < -0.39 is 29.3 Å². The van der Waals surface area contributed by atoms with Crippen molar-refractivity contribution >= 4 is 46.3 Å². The SMILES string of the molecule is COc1ccc(/C(O)=C2\C(=O)C(=O)N(c3ccc(Cl)c(Cl)c3)C2c2ccccc2F)cc1C(C)C. The highest BCUT2D eigenvalue weighted by molar-refractivity contribution is 6.52. The Labute approximate surface area is 212 Å². The minimum Gasteiger partial charge on any atom is -0.507 e. The third-order valence-corrected chi connectivity index (χ3v) is 6.69. The molecule has 1 heterocycles. The predicted molar refractivity (Wildman–Crippen MR) is 135 cm³/mol. The van der Waals surface area contributed by atoms with Crippen LogP contribution in [0.15, 0.2) is 66.2 Å². The van der Waals surface area contributed by atoms with Gasteiger partial charge in [0.15, 0.2) is 0 Å². The standard InChI is InChI=1S/C27H22Cl2FNO4/c1-14(2)18-12-15(8-11-22(18)35-3)25(32)23-24(17-6-4-5-7-21(17)30)31(27(34)26(23)33)16-9-10-19(28)20(29)13-16/h4-14,24,32H,1-3H3/b25-23+. The number of carbonyl (C=O) groups is 2. The van der Waals surface area contributed by atoms with Gasteiger partial charge < -0.3 is 9.84 Å². The fraction of sp³-hybridized carbons (Fsp3) is 0.185. The minimum atomic E-state index is -1.22. The van der Waals surface area contributed by atoms with Crippen molar-refractivity contribution in [2.45, 2.75) is 25.8 Å². The van der Waals surface area contributed by atoms with Crippen molar-refractivity contribution in [3.8, 4) is 5.75 Å². The van der Waals surface area contributed by atoms with Gasteiger partial charge in [0.05, 0.1) is 28.8 Å². The average Bonchev–Trinajstić information content (AvgIpc) is 3.10. The Morgan fingerprint density at radius 1 is 1.03 bits per heavy atom. The molecule has 1 N–H and O–H groups in total. The van der Waals surface area contributed by atoms with Crippen LogP contribution in [0, 0.1) is 5.82 Å².